The lowest BCUT2D eigenvalue weighted by molar-refractivity contribution is -0.167. The van der Waals surface area contributed by atoms with Crippen LogP contribution in [0, 0.1) is 0 Å². The molecule has 0 bridgehead atoms. The van der Waals surface area contributed by atoms with Crippen molar-refractivity contribution in [3.05, 3.63) is 35.9 Å². The number of benzene rings is 1. The van der Waals surface area contributed by atoms with Gasteiger partial charge in [0.1, 0.15) is 12.3 Å². The summed E-state index contributed by atoms with van der Waals surface area (Å²) in [6, 6.07) is 7.00. The summed E-state index contributed by atoms with van der Waals surface area (Å²) in [4.78, 5) is 0. The minimum atomic E-state index is -4.31. The molecule has 1 aliphatic heterocycles. The Morgan fingerprint density at radius 3 is 2.63 bits per heavy atom. The summed E-state index contributed by atoms with van der Waals surface area (Å²) in [6.07, 6.45) is -5.06. The zero-order valence-electron chi connectivity index (χ0n) is 10.4. The standard InChI is InChI=1S/C13H16F3N2O/c14-13(15,16)11(8-10-4-2-1-3-5-10)18-12-9-17-6-7-19-12/h1-5,11-12,18H,6-9H2. The fourth-order valence-electron chi connectivity index (χ4n) is 1.96. The van der Waals surface area contributed by atoms with Crippen LogP contribution in [0.3, 0.4) is 0 Å². The highest BCUT2D eigenvalue weighted by Crippen LogP contribution is 2.24. The van der Waals surface area contributed by atoms with Gasteiger partial charge >= 0.3 is 6.18 Å². The minimum Gasteiger partial charge on any atom is -0.361 e. The Bertz CT molecular complexity index is 377. The Balaban J connectivity index is 1.99. The first-order chi connectivity index (χ1) is 9.05. The highest BCUT2D eigenvalue weighted by Gasteiger charge is 2.41. The highest BCUT2D eigenvalue weighted by atomic mass is 19.4. The number of hydrogen-bond donors (Lipinski definition) is 1. The molecule has 19 heavy (non-hydrogen) atoms. The predicted molar refractivity (Wildman–Crippen MR) is 64.7 cm³/mol. The Morgan fingerprint density at radius 1 is 1.32 bits per heavy atom. The molecule has 1 saturated heterocycles. The number of hydrogen-bond acceptors (Lipinski definition) is 2. The summed E-state index contributed by atoms with van der Waals surface area (Å²) in [5.41, 5.74) is 0.644. The van der Waals surface area contributed by atoms with Crippen molar-refractivity contribution < 1.29 is 17.9 Å². The average molecular weight is 273 g/mol. The first-order valence-corrected chi connectivity index (χ1v) is 6.17. The smallest absolute Gasteiger partial charge is 0.361 e. The van der Waals surface area contributed by atoms with Gasteiger partial charge in [-0.2, -0.15) is 13.2 Å². The summed E-state index contributed by atoms with van der Waals surface area (Å²) in [5.74, 6) is 0. The van der Waals surface area contributed by atoms with E-state index in [4.69, 9.17) is 4.74 Å². The number of alkyl halides is 3. The van der Waals surface area contributed by atoms with Crippen LogP contribution in [-0.4, -0.2) is 38.1 Å². The first kappa shape index (κ1) is 14.3. The van der Waals surface area contributed by atoms with Gasteiger partial charge in [0.15, 0.2) is 0 Å². The molecule has 6 heteroatoms. The zero-order chi connectivity index (χ0) is 13.7. The van der Waals surface area contributed by atoms with Gasteiger partial charge in [-0.15, -0.1) is 0 Å². The molecule has 1 fully saturated rings. The van der Waals surface area contributed by atoms with E-state index in [1.54, 1.807) is 30.3 Å². The molecular formula is C13H16F3N2O. The van der Waals surface area contributed by atoms with Crippen LogP contribution in [0.2, 0.25) is 0 Å². The van der Waals surface area contributed by atoms with Gasteiger partial charge in [-0.1, -0.05) is 30.3 Å². The van der Waals surface area contributed by atoms with Crippen molar-refractivity contribution in [2.75, 3.05) is 19.7 Å². The van der Waals surface area contributed by atoms with Gasteiger partial charge in [-0.25, -0.2) is 5.32 Å². The third kappa shape index (κ3) is 4.49. The highest BCUT2D eigenvalue weighted by molar-refractivity contribution is 5.16. The maximum absolute atomic E-state index is 13.0. The molecule has 0 saturated carbocycles. The molecule has 1 aromatic carbocycles. The summed E-state index contributed by atoms with van der Waals surface area (Å²) in [6.45, 7) is 1.18. The molecule has 0 aromatic heterocycles. The molecule has 1 radical (unpaired) electrons. The Kier molecular flexibility index (Phi) is 4.79. The third-order valence-corrected chi connectivity index (χ3v) is 2.93. The summed E-state index contributed by atoms with van der Waals surface area (Å²) in [7, 11) is 0. The van der Waals surface area contributed by atoms with Crippen molar-refractivity contribution in [2.24, 2.45) is 0 Å². The maximum Gasteiger partial charge on any atom is 0.404 e. The second-order valence-electron chi connectivity index (χ2n) is 4.44. The average Bonchev–Trinajstić information content (AvgIpc) is 2.39. The molecule has 1 N–H and O–H groups in total. The molecule has 3 nitrogen and oxygen atoms in total. The third-order valence-electron chi connectivity index (χ3n) is 2.93. The van der Waals surface area contributed by atoms with E-state index in [9.17, 15) is 13.2 Å². The molecule has 1 aromatic rings. The minimum absolute atomic E-state index is 0.107. The number of nitrogens with one attached hydrogen (secondary N) is 1. The topological polar surface area (TPSA) is 35.4 Å². The van der Waals surface area contributed by atoms with Crippen molar-refractivity contribution in [3.8, 4) is 0 Å². The largest absolute Gasteiger partial charge is 0.404 e. The van der Waals surface area contributed by atoms with Crippen LogP contribution in [0.5, 0.6) is 0 Å². The molecule has 0 aliphatic carbocycles. The Labute approximate surface area is 110 Å². The quantitative estimate of drug-likeness (QED) is 0.906. The number of nitrogens with zero attached hydrogens (tertiary/aromatic N) is 1. The van der Waals surface area contributed by atoms with E-state index in [1.165, 1.54) is 0 Å². The van der Waals surface area contributed by atoms with Crippen molar-refractivity contribution in [2.45, 2.75) is 24.9 Å². The lowest BCUT2D eigenvalue weighted by atomic mass is 10.1. The van der Waals surface area contributed by atoms with Crippen molar-refractivity contribution in [1.29, 1.82) is 0 Å². The molecule has 2 rings (SSSR count). The van der Waals surface area contributed by atoms with E-state index in [0.29, 0.717) is 18.7 Å². The predicted octanol–water partition coefficient (Wildman–Crippen LogP) is 1.71. The summed E-state index contributed by atoms with van der Waals surface area (Å²) < 4.78 is 44.3. The second-order valence-corrected chi connectivity index (χ2v) is 4.44. The van der Waals surface area contributed by atoms with Crippen molar-refractivity contribution >= 4 is 0 Å². The van der Waals surface area contributed by atoms with Gasteiger partial charge in [0, 0.05) is 6.54 Å². The maximum atomic E-state index is 13.0. The van der Waals surface area contributed by atoms with Crippen LogP contribution < -0.4 is 10.6 Å². The van der Waals surface area contributed by atoms with E-state index in [-0.39, 0.29) is 13.0 Å². The normalized spacial score (nSPS) is 22.2. The molecule has 0 spiro atoms. The number of ether oxygens (including phenoxy) is 1. The molecule has 105 valence electrons. The fourth-order valence-corrected chi connectivity index (χ4v) is 1.96. The van der Waals surface area contributed by atoms with E-state index >= 15 is 0 Å². The van der Waals surface area contributed by atoms with Crippen molar-refractivity contribution in [3.63, 3.8) is 0 Å². The molecule has 2 atom stereocenters. The van der Waals surface area contributed by atoms with Gasteiger partial charge in [-0.3, -0.25) is 5.32 Å². The Morgan fingerprint density at radius 2 is 2.05 bits per heavy atom. The zero-order valence-corrected chi connectivity index (χ0v) is 10.4. The van der Waals surface area contributed by atoms with Crippen LogP contribution in [0.1, 0.15) is 5.56 Å². The van der Waals surface area contributed by atoms with Crippen LogP contribution in [0.4, 0.5) is 13.2 Å². The van der Waals surface area contributed by atoms with Gasteiger partial charge in [0.25, 0.3) is 0 Å². The SMILES string of the molecule is FC(F)(F)C(Cc1ccccc1)NC1C[N]CCO1. The van der Waals surface area contributed by atoms with Crippen LogP contribution >= 0.6 is 0 Å². The lowest BCUT2D eigenvalue weighted by Crippen LogP contribution is -2.54. The van der Waals surface area contributed by atoms with Gasteiger partial charge in [-0.05, 0) is 12.0 Å². The molecule has 2 unspecified atom stereocenters. The van der Waals surface area contributed by atoms with Gasteiger partial charge < -0.3 is 4.74 Å². The van der Waals surface area contributed by atoms with Gasteiger partial charge in [0.05, 0.1) is 13.2 Å². The van der Waals surface area contributed by atoms with Crippen LogP contribution in [0.15, 0.2) is 30.3 Å². The molecule has 0 amide bonds. The van der Waals surface area contributed by atoms with E-state index < -0.39 is 18.4 Å². The summed E-state index contributed by atoms with van der Waals surface area (Å²) in [5, 5.41) is 6.55. The fraction of sp³-hybridized carbons (Fsp3) is 0.538. The number of rotatable bonds is 4. The van der Waals surface area contributed by atoms with Gasteiger partial charge in [0.2, 0.25) is 0 Å². The molecular weight excluding hydrogens is 257 g/mol. The van der Waals surface area contributed by atoms with E-state index in [2.05, 4.69) is 10.6 Å². The number of morpholine rings is 1. The van der Waals surface area contributed by atoms with Crippen LogP contribution in [0.25, 0.3) is 0 Å². The lowest BCUT2D eigenvalue weighted by Gasteiger charge is -2.29. The summed E-state index contributed by atoms with van der Waals surface area (Å²) >= 11 is 0. The van der Waals surface area contributed by atoms with E-state index in [1.807, 2.05) is 0 Å². The van der Waals surface area contributed by atoms with E-state index in [0.717, 1.165) is 0 Å². The molecule has 1 heterocycles. The van der Waals surface area contributed by atoms with Crippen molar-refractivity contribution in [1.82, 2.24) is 10.6 Å². The Hall–Kier alpha value is -1.11. The van der Waals surface area contributed by atoms with Crippen LogP contribution in [-0.2, 0) is 11.2 Å². The number of halogens is 3. The molecule has 1 aliphatic rings. The first-order valence-electron chi connectivity index (χ1n) is 6.17. The second kappa shape index (κ2) is 6.36. The monoisotopic (exact) mass is 273 g/mol.